The highest BCUT2D eigenvalue weighted by atomic mass is 32.2. The van der Waals surface area contributed by atoms with Gasteiger partial charge in [-0.1, -0.05) is 73.2 Å². The van der Waals surface area contributed by atoms with E-state index in [1.165, 1.54) is 0 Å². The van der Waals surface area contributed by atoms with E-state index in [4.69, 9.17) is 0 Å². The van der Waals surface area contributed by atoms with Crippen LogP contribution in [-0.2, 0) is 27.7 Å². The first kappa shape index (κ1) is 23.7. The molecule has 0 heterocycles. The molecule has 0 spiro atoms. The molecule has 0 unspecified atom stereocenters. The van der Waals surface area contributed by atoms with Crippen LogP contribution in [0.2, 0.25) is 0 Å². The van der Waals surface area contributed by atoms with Gasteiger partial charge in [0.1, 0.15) is 6.04 Å². The van der Waals surface area contributed by atoms with Crippen LogP contribution in [-0.4, -0.2) is 20.4 Å². The van der Waals surface area contributed by atoms with E-state index in [1.54, 1.807) is 13.8 Å². The number of benzene rings is 3. The van der Waals surface area contributed by atoms with Gasteiger partial charge in [-0.3, -0.25) is 4.79 Å². The van der Waals surface area contributed by atoms with Crippen LogP contribution in [0.3, 0.4) is 0 Å². The van der Waals surface area contributed by atoms with E-state index in [1.807, 2.05) is 80.6 Å². The largest absolute Gasteiger partial charge is 0.324 e. The van der Waals surface area contributed by atoms with Crippen molar-refractivity contribution in [2.45, 2.75) is 51.5 Å². The van der Waals surface area contributed by atoms with Crippen LogP contribution in [0.25, 0.3) is 0 Å². The van der Waals surface area contributed by atoms with Gasteiger partial charge >= 0.3 is 0 Å². The average Bonchev–Trinajstić information content (AvgIpc) is 2.73. The van der Waals surface area contributed by atoms with Crippen molar-refractivity contribution in [2.24, 2.45) is 0 Å². The molecule has 0 saturated carbocycles. The van der Waals surface area contributed by atoms with Gasteiger partial charge in [0.05, 0.1) is 4.90 Å². The molecule has 3 aromatic rings. The summed E-state index contributed by atoms with van der Waals surface area (Å²) in [5.74, 6) is -0.388. The molecule has 3 aromatic carbocycles. The predicted octanol–water partition coefficient (Wildman–Crippen LogP) is 4.70. The third kappa shape index (κ3) is 5.64. The van der Waals surface area contributed by atoms with Crippen molar-refractivity contribution in [3.63, 3.8) is 0 Å². The van der Waals surface area contributed by atoms with Crippen LogP contribution in [0.1, 0.15) is 34.7 Å². The molecule has 2 N–H and O–H groups in total. The molecule has 0 aliphatic heterocycles. The number of hydrogen-bond donors (Lipinski definition) is 2. The fourth-order valence-electron chi connectivity index (χ4n) is 4.04. The summed E-state index contributed by atoms with van der Waals surface area (Å²) >= 11 is 0. The second kappa shape index (κ2) is 10.1. The van der Waals surface area contributed by atoms with E-state index in [0.717, 1.165) is 23.1 Å². The van der Waals surface area contributed by atoms with Gasteiger partial charge in [0.25, 0.3) is 0 Å². The lowest BCUT2D eigenvalue weighted by Gasteiger charge is -2.21. The first-order chi connectivity index (χ1) is 15.2. The Bertz CT molecular complexity index is 1180. The Balaban J connectivity index is 1.95. The van der Waals surface area contributed by atoms with Gasteiger partial charge in [-0.25, -0.2) is 8.42 Å². The molecule has 1 atom stereocenters. The van der Waals surface area contributed by atoms with Crippen LogP contribution in [0.4, 0.5) is 5.69 Å². The average molecular weight is 451 g/mol. The molecule has 3 rings (SSSR count). The van der Waals surface area contributed by atoms with E-state index in [2.05, 4.69) is 10.0 Å². The topological polar surface area (TPSA) is 75.3 Å². The lowest BCUT2D eigenvalue weighted by molar-refractivity contribution is -0.117. The SMILES string of the molecule is CCc1ccccc1NC(=O)[C@@H](Cc1ccccc1)NS(=O)(=O)c1c(C)cc(C)cc1C. The molecule has 6 heteroatoms. The molecule has 0 radical (unpaired) electrons. The zero-order valence-corrected chi connectivity index (χ0v) is 19.8. The number of para-hydroxylation sites is 1. The summed E-state index contributed by atoms with van der Waals surface area (Å²) in [7, 11) is -3.92. The third-order valence-electron chi connectivity index (χ3n) is 5.43. The van der Waals surface area contributed by atoms with Gasteiger partial charge in [-0.05, 0) is 61.9 Å². The van der Waals surface area contributed by atoms with Crippen molar-refractivity contribution < 1.29 is 13.2 Å². The predicted molar refractivity (Wildman–Crippen MR) is 129 cm³/mol. The maximum atomic E-state index is 13.4. The van der Waals surface area contributed by atoms with Crippen molar-refractivity contribution >= 4 is 21.6 Å². The molecular formula is C26H30N2O3S. The van der Waals surface area contributed by atoms with Crippen molar-refractivity contribution in [3.8, 4) is 0 Å². The van der Waals surface area contributed by atoms with Gasteiger partial charge < -0.3 is 5.32 Å². The normalized spacial score (nSPS) is 12.4. The zero-order valence-electron chi connectivity index (χ0n) is 19.0. The van der Waals surface area contributed by atoms with Crippen molar-refractivity contribution in [3.05, 3.63) is 94.5 Å². The molecule has 1 amide bonds. The highest BCUT2D eigenvalue weighted by molar-refractivity contribution is 7.89. The van der Waals surface area contributed by atoms with Crippen LogP contribution in [0.15, 0.2) is 71.6 Å². The number of amides is 1. The maximum absolute atomic E-state index is 13.4. The fourth-order valence-corrected chi connectivity index (χ4v) is 5.69. The Hall–Kier alpha value is -2.96. The molecule has 32 heavy (non-hydrogen) atoms. The van der Waals surface area contributed by atoms with E-state index < -0.39 is 16.1 Å². The molecule has 5 nitrogen and oxygen atoms in total. The van der Waals surface area contributed by atoms with Gasteiger partial charge in [0.2, 0.25) is 15.9 Å². The van der Waals surface area contributed by atoms with Gasteiger partial charge in [0, 0.05) is 5.69 Å². The van der Waals surface area contributed by atoms with Crippen molar-refractivity contribution in [2.75, 3.05) is 5.32 Å². The molecule has 0 fully saturated rings. The summed E-state index contributed by atoms with van der Waals surface area (Å²) in [6.45, 7) is 7.50. The minimum absolute atomic E-state index is 0.225. The van der Waals surface area contributed by atoms with Gasteiger partial charge in [-0.15, -0.1) is 0 Å². The van der Waals surface area contributed by atoms with Gasteiger partial charge in [-0.2, -0.15) is 4.72 Å². The van der Waals surface area contributed by atoms with E-state index in [9.17, 15) is 13.2 Å². The van der Waals surface area contributed by atoms with Crippen LogP contribution in [0.5, 0.6) is 0 Å². The van der Waals surface area contributed by atoms with E-state index >= 15 is 0 Å². The van der Waals surface area contributed by atoms with Gasteiger partial charge in [0.15, 0.2) is 0 Å². The first-order valence-corrected chi connectivity index (χ1v) is 12.2. The Morgan fingerprint density at radius 2 is 1.50 bits per heavy atom. The molecular weight excluding hydrogens is 420 g/mol. The summed E-state index contributed by atoms with van der Waals surface area (Å²) in [6, 6.07) is 19.7. The number of anilines is 1. The Morgan fingerprint density at radius 1 is 0.906 bits per heavy atom. The van der Waals surface area contributed by atoms with E-state index in [-0.39, 0.29) is 17.2 Å². The second-order valence-electron chi connectivity index (χ2n) is 8.09. The Kier molecular flexibility index (Phi) is 7.48. The number of nitrogens with one attached hydrogen (secondary N) is 2. The van der Waals surface area contributed by atoms with Crippen molar-refractivity contribution in [1.29, 1.82) is 0 Å². The molecule has 0 aliphatic carbocycles. The Morgan fingerprint density at radius 3 is 2.12 bits per heavy atom. The number of sulfonamides is 1. The highest BCUT2D eigenvalue weighted by Crippen LogP contribution is 2.23. The summed E-state index contributed by atoms with van der Waals surface area (Å²) in [4.78, 5) is 13.5. The minimum Gasteiger partial charge on any atom is -0.324 e. The quantitative estimate of drug-likeness (QED) is 0.522. The lowest BCUT2D eigenvalue weighted by Crippen LogP contribution is -2.45. The first-order valence-electron chi connectivity index (χ1n) is 10.7. The smallest absolute Gasteiger partial charge is 0.242 e. The second-order valence-corrected chi connectivity index (χ2v) is 9.74. The third-order valence-corrected chi connectivity index (χ3v) is 7.20. The number of aryl methyl sites for hydroxylation is 4. The van der Waals surface area contributed by atoms with Crippen LogP contribution in [0, 0.1) is 20.8 Å². The maximum Gasteiger partial charge on any atom is 0.242 e. The number of hydrogen-bond acceptors (Lipinski definition) is 3. The van der Waals surface area contributed by atoms with Crippen molar-refractivity contribution in [1.82, 2.24) is 4.72 Å². The minimum atomic E-state index is -3.92. The summed E-state index contributed by atoms with van der Waals surface area (Å²) in [6.07, 6.45) is 0.997. The zero-order chi connectivity index (χ0) is 23.3. The molecule has 0 saturated heterocycles. The lowest BCUT2D eigenvalue weighted by atomic mass is 10.1. The van der Waals surface area contributed by atoms with Crippen LogP contribution < -0.4 is 10.0 Å². The van der Waals surface area contributed by atoms with Crippen LogP contribution >= 0.6 is 0 Å². The number of carbonyl (C=O) groups excluding carboxylic acids is 1. The summed E-state index contributed by atoms with van der Waals surface area (Å²) in [5.41, 5.74) is 4.87. The number of rotatable bonds is 8. The fraction of sp³-hybridized carbons (Fsp3) is 0.269. The molecule has 0 aromatic heterocycles. The Labute approximate surface area is 190 Å². The molecule has 168 valence electrons. The standard InChI is InChI=1S/C26H30N2O3S/c1-5-22-13-9-10-14-23(22)27-26(29)24(17-21-11-7-6-8-12-21)28-32(30,31)25-19(3)15-18(2)16-20(25)4/h6-16,24,28H,5,17H2,1-4H3,(H,27,29)/t24-/m1/s1. The monoisotopic (exact) mass is 450 g/mol. The van der Waals surface area contributed by atoms with E-state index in [0.29, 0.717) is 16.8 Å². The molecule has 0 aliphatic rings. The highest BCUT2D eigenvalue weighted by Gasteiger charge is 2.28. The summed E-state index contributed by atoms with van der Waals surface area (Å²) in [5, 5.41) is 2.93. The molecule has 0 bridgehead atoms. The number of carbonyl (C=O) groups is 1. The summed E-state index contributed by atoms with van der Waals surface area (Å²) < 4.78 is 29.4.